The standard InChI is InChI=1S/C45H83NO12S/c1-3-5-7-9-11-13-15-17-18-19-20-21-22-24-25-27-29-31-33-38(48)37(36-56-45-42(51)43(58-59(53,54)55)41(50)40(35-47)57-45)46-44(52)39(49)34-32-30-28-26-23-16-14-12-10-8-6-4-2/h23,26,30-33,37-43,45,47-51H,3-22,24-25,27-29,34-36H2,1-2H3,(H,46,52)(H,53,54,55)/b26-23-,32-30-,33-31+. The van der Waals surface area contributed by atoms with Crippen LogP contribution < -0.4 is 5.32 Å². The number of amides is 1. The zero-order valence-corrected chi connectivity index (χ0v) is 37.2. The lowest BCUT2D eigenvalue weighted by atomic mass is 9.99. The smallest absolute Gasteiger partial charge is 0.394 e. The molecule has 0 aliphatic carbocycles. The molecule has 1 rings (SSSR count). The Morgan fingerprint density at radius 1 is 0.695 bits per heavy atom. The first-order chi connectivity index (χ1) is 28.4. The highest BCUT2D eigenvalue weighted by atomic mass is 32.3. The van der Waals surface area contributed by atoms with Crippen LogP contribution in [0.2, 0.25) is 0 Å². The predicted octanol–water partition coefficient (Wildman–Crippen LogP) is 7.69. The molecule has 1 amide bonds. The molecule has 7 N–H and O–H groups in total. The van der Waals surface area contributed by atoms with Gasteiger partial charge in [0.05, 0.1) is 25.4 Å². The number of ether oxygens (including phenoxy) is 2. The molecular formula is C45H83NO12S. The minimum atomic E-state index is -5.12. The maximum Gasteiger partial charge on any atom is 0.397 e. The molecule has 8 unspecified atom stereocenters. The van der Waals surface area contributed by atoms with Crippen molar-refractivity contribution in [2.45, 2.75) is 230 Å². The van der Waals surface area contributed by atoms with Crippen LogP contribution in [-0.2, 0) is 28.9 Å². The Morgan fingerprint density at radius 2 is 1.17 bits per heavy atom. The molecule has 0 aromatic rings. The molecule has 14 heteroatoms. The van der Waals surface area contributed by atoms with Gasteiger partial charge in [-0.3, -0.25) is 9.35 Å². The zero-order valence-electron chi connectivity index (χ0n) is 36.4. The Hall–Kier alpha value is -1.72. The summed E-state index contributed by atoms with van der Waals surface area (Å²) in [6.45, 7) is 3.16. The summed E-state index contributed by atoms with van der Waals surface area (Å²) in [5.41, 5.74) is 0. The van der Waals surface area contributed by atoms with Crippen molar-refractivity contribution in [1.82, 2.24) is 5.32 Å². The monoisotopic (exact) mass is 862 g/mol. The highest BCUT2D eigenvalue weighted by Gasteiger charge is 2.48. The molecule has 0 spiro atoms. The Kier molecular flexibility index (Phi) is 33.6. The average molecular weight is 862 g/mol. The Balaban J connectivity index is 2.63. The van der Waals surface area contributed by atoms with Gasteiger partial charge < -0.3 is 40.3 Å². The Labute approximate surface area is 357 Å². The van der Waals surface area contributed by atoms with Gasteiger partial charge in [0.15, 0.2) is 6.29 Å². The molecule has 346 valence electrons. The van der Waals surface area contributed by atoms with Crippen LogP contribution in [0.5, 0.6) is 0 Å². The number of aliphatic hydroxyl groups is 5. The third-order valence-electron chi connectivity index (χ3n) is 10.8. The number of rotatable bonds is 38. The second-order valence-corrected chi connectivity index (χ2v) is 17.2. The van der Waals surface area contributed by atoms with E-state index in [1.807, 2.05) is 12.2 Å². The summed E-state index contributed by atoms with van der Waals surface area (Å²) < 4.78 is 47.4. The lowest BCUT2D eigenvalue weighted by Gasteiger charge is -2.41. The molecule has 1 heterocycles. The summed E-state index contributed by atoms with van der Waals surface area (Å²) in [5.74, 6) is -0.770. The summed E-state index contributed by atoms with van der Waals surface area (Å²) >= 11 is 0. The number of aliphatic hydroxyl groups excluding tert-OH is 5. The highest BCUT2D eigenvalue weighted by Crippen LogP contribution is 2.26. The molecule has 1 aliphatic heterocycles. The quantitative estimate of drug-likeness (QED) is 0.0181. The normalized spacial score (nSPS) is 21.8. The van der Waals surface area contributed by atoms with Crippen LogP contribution in [0.15, 0.2) is 36.5 Å². The summed E-state index contributed by atoms with van der Waals surface area (Å²) in [4.78, 5) is 13.0. The first-order valence-corrected chi connectivity index (χ1v) is 24.3. The van der Waals surface area contributed by atoms with Gasteiger partial charge in [-0.1, -0.05) is 179 Å². The third-order valence-corrected chi connectivity index (χ3v) is 11.2. The minimum Gasteiger partial charge on any atom is -0.394 e. The van der Waals surface area contributed by atoms with E-state index in [1.165, 1.54) is 122 Å². The van der Waals surface area contributed by atoms with Crippen LogP contribution in [0, 0.1) is 0 Å². The lowest BCUT2D eigenvalue weighted by Crippen LogP contribution is -2.61. The summed E-state index contributed by atoms with van der Waals surface area (Å²) in [6, 6.07) is -1.15. The van der Waals surface area contributed by atoms with E-state index in [9.17, 15) is 38.7 Å². The van der Waals surface area contributed by atoms with Crippen molar-refractivity contribution in [2.24, 2.45) is 0 Å². The predicted molar refractivity (Wildman–Crippen MR) is 233 cm³/mol. The van der Waals surface area contributed by atoms with E-state index in [-0.39, 0.29) is 6.42 Å². The maximum atomic E-state index is 13.0. The number of carbonyl (C=O) groups excluding carboxylic acids is 1. The molecule has 1 fully saturated rings. The fourth-order valence-corrected chi connectivity index (χ4v) is 7.60. The maximum absolute atomic E-state index is 13.0. The van der Waals surface area contributed by atoms with Gasteiger partial charge in [0.1, 0.15) is 30.5 Å². The molecule has 8 atom stereocenters. The molecule has 0 aromatic heterocycles. The first kappa shape index (κ1) is 55.3. The SMILES string of the molecule is CCCCCCCC/C=C\C/C=C\CC(O)C(=O)NC(COC1OC(CO)C(O)C(OS(=O)(=O)O)C1O)C(O)/C=C/CCCCCCCCCCCCCCCCCC. The molecular weight excluding hydrogens is 779 g/mol. The Morgan fingerprint density at radius 3 is 1.66 bits per heavy atom. The van der Waals surface area contributed by atoms with Gasteiger partial charge in [-0.05, 0) is 32.1 Å². The second-order valence-electron chi connectivity index (χ2n) is 16.1. The zero-order chi connectivity index (χ0) is 43.6. The molecule has 0 aromatic carbocycles. The first-order valence-electron chi connectivity index (χ1n) is 23.0. The van der Waals surface area contributed by atoms with E-state index < -0.39 is 78.5 Å². The van der Waals surface area contributed by atoms with E-state index in [1.54, 1.807) is 6.08 Å². The number of allylic oxidation sites excluding steroid dienone is 4. The van der Waals surface area contributed by atoms with E-state index in [4.69, 9.17) is 14.0 Å². The van der Waals surface area contributed by atoms with Crippen LogP contribution in [0.4, 0.5) is 0 Å². The molecule has 1 saturated heterocycles. The molecule has 0 saturated carbocycles. The van der Waals surface area contributed by atoms with Crippen LogP contribution in [0.25, 0.3) is 0 Å². The van der Waals surface area contributed by atoms with Crippen molar-refractivity contribution < 1.29 is 57.0 Å². The average Bonchev–Trinajstić information content (AvgIpc) is 3.20. The third kappa shape index (κ3) is 28.5. The van der Waals surface area contributed by atoms with E-state index in [2.05, 4.69) is 35.5 Å². The molecule has 0 radical (unpaired) electrons. The Bertz CT molecular complexity index is 1220. The molecule has 59 heavy (non-hydrogen) atoms. The van der Waals surface area contributed by atoms with Crippen molar-refractivity contribution in [2.75, 3.05) is 13.2 Å². The minimum absolute atomic E-state index is 0.0328. The number of unbranched alkanes of at least 4 members (excludes halogenated alkanes) is 22. The van der Waals surface area contributed by atoms with Gasteiger partial charge in [-0.15, -0.1) is 0 Å². The van der Waals surface area contributed by atoms with E-state index >= 15 is 0 Å². The number of hydrogen-bond donors (Lipinski definition) is 7. The van der Waals surface area contributed by atoms with Crippen molar-refractivity contribution in [1.29, 1.82) is 0 Å². The number of hydrogen-bond acceptors (Lipinski definition) is 11. The van der Waals surface area contributed by atoms with E-state index in [0.717, 1.165) is 32.1 Å². The van der Waals surface area contributed by atoms with Crippen LogP contribution >= 0.6 is 0 Å². The van der Waals surface area contributed by atoms with Crippen LogP contribution in [0.3, 0.4) is 0 Å². The van der Waals surface area contributed by atoms with Crippen molar-refractivity contribution in [3.63, 3.8) is 0 Å². The highest BCUT2D eigenvalue weighted by molar-refractivity contribution is 7.80. The second kappa shape index (κ2) is 35.8. The summed E-state index contributed by atoms with van der Waals surface area (Å²) in [6.07, 6.45) is 29.7. The van der Waals surface area contributed by atoms with Gasteiger partial charge >= 0.3 is 10.4 Å². The summed E-state index contributed by atoms with van der Waals surface area (Å²) in [5, 5.41) is 55.0. The van der Waals surface area contributed by atoms with Gasteiger partial charge in [0.25, 0.3) is 0 Å². The van der Waals surface area contributed by atoms with Crippen molar-refractivity contribution >= 4 is 16.3 Å². The molecule has 1 aliphatic rings. The van der Waals surface area contributed by atoms with E-state index in [0.29, 0.717) is 12.8 Å². The van der Waals surface area contributed by atoms with Crippen molar-refractivity contribution in [3.8, 4) is 0 Å². The van der Waals surface area contributed by atoms with Crippen LogP contribution in [0.1, 0.15) is 181 Å². The molecule has 0 bridgehead atoms. The molecule has 13 nitrogen and oxygen atoms in total. The number of carbonyl (C=O) groups is 1. The van der Waals surface area contributed by atoms with Gasteiger partial charge in [0.2, 0.25) is 5.91 Å². The lowest BCUT2D eigenvalue weighted by molar-refractivity contribution is -0.298. The van der Waals surface area contributed by atoms with Gasteiger partial charge in [-0.2, -0.15) is 8.42 Å². The largest absolute Gasteiger partial charge is 0.397 e. The number of nitrogens with one attached hydrogen (secondary N) is 1. The van der Waals surface area contributed by atoms with Crippen LogP contribution in [-0.4, -0.2) is 107 Å². The fraction of sp³-hybridized carbons (Fsp3) is 0.844. The topological polar surface area (TPSA) is 212 Å². The summed E-state index contributed by atoms with van der Waals surface area (Å²) in [7, 11) is -5.12. The van der Waals surface area contributed by atoms with Gasteiger partial charge in [0, 0.05) is 6.42 Å². The van der Waals surface area contributed by atoms with Gasteiger partial charge in [-0.25, -0.2) is 4.18 Å². The fourth-order valence-electron chi connectivity index (χ4n) is 7.09. The van der Waals surface area contributed by atoms with Crippen molar-refractivity contribution in [3.05, 3.63) is 36.5 Å².